The number of nitrogens with two attached hydrogens (primary N) is 1. The second-order valence-electron chi connectivity index (χ2n) is 14.4. The van der Waals surface area contributed by atoms with Crippen LogP contribution < -0.4 is 21.1 Å². The minimum absolute atomic E-state index is 0.240. The maximum atomic E-state index is 12.6. The predicted molar refractivity (Wildman–Crippen MR) is 243 cm³/mol. The molecule has 6 heteroatoms. The Kier molecular flexibility index (Phi) is 10.4. The van der Waals surface area contributed by atoms with Gasteiger partial charge in [-0.2, -0.15) is 0 Å². The van der Waals surface area contributed by atoms with Gasteiger partial charge in [0.05, 0.1) is 11.3 Å². The van der Waals surface area contributed by atoms with Crippen LogP contribution in [-0.2, 0) is 18.0 Å². The van der Waals surface area contributed by atoms with Gasteiger partial charge in [0.2, 0.25) is 0 Å². The molecule has 0 aliphatic heterocycles. The van der Waals surface area contributed by atoms with Crippen molar-refractivity contribution in [3.63, 3.8) is 0 Å². The Hall–Kier alpha value is -7.83. The van der Waals surface area contributed by atoms with Crippen LogP contribution in [0.5, 0.6) is 5.75 Å². The molecule has 9 aromatic carbocycles. The molecule has 0 unspecified atom stereocenters. The molecule has 0 spiro atoms. The van der Waals surface area contributed by atoms with E-state index in [1.54, 1.807) is 12.1 Å². The fourth-order valence-corrected chi connectivity index (χ4v) is 7.49. The molecule has 0 aliphatic carbocycles. The molecular weight excluding hydrogens is 727 g/mol. The number of esters is 1. The standard InChI is InChI=1S/C53H41N3O3/c54-49-32-31-44(33-50(49)58-34-36-11-3-1-4-12-36)56-43-27-21-39(22-28-43)52-47-17-9-7-15-45(47)51(46-16-8-10-18-48(46)52)38-19-25-41(26-20-38)55-42-29-23-40(24-30-42)53(57)59-35-37-13-5-2-6-14-37/h1-33,55-56H,34-35,54H2. The molecule has 0 saturated carbocycles. The number of hydrogen-bond donors (Lipinski definition) is 3. The number of nitrogen functional groups attached to an aromatic ring is 1. The third-order valence-electron chi connectivity index (χ3n) is 10.4. The fourth-order valence-electron chi connectivity index (χ4n) is 7.49. The fraction of sp³-hybridized carbons (Fsp3) is 0.0377. The summed E-state index contributed by atoms with van der Waals surface area (Å²) in [5.41, 5.74) is 17.7. The van der Waals surface area contributed by atoms with Gasteiger partial charge in [0.1, 0.15) is 19.0 Å². The first-order chi connectivity index (χ1) is 29.1. The molecule has 0 radical (unpaired) electrons. The molecule has 286 valence electrons. The monoisotopic (exact) mass is 767 g/mol. The number of hydrogen-bond acceptors (Lipinski definition) is 6. The lowest BCUT2D eigenvalue weighted by Crippen LogP contribution is -2.05. The van der Waals surface area contributed by atoms with E-state index in [2.05, 4.69) is 108 Å². The molecule has 9 rings (SSSR count). The Balaban J connectivity index is 0.943. The van der Waals surface area contributed by atoms with Crippen molar-refractivity contribution >= 4 is 56.0 Å². The van der Waals surface area contributed by atoms with Crippen LogP contribution in [0.15, 0.2) is 200 Å². The van der Waals surface area contributed by atoms with Crippen LogP contribution in [0.25, 0.3) is 43.8 Å². The number of fused-ring (bicyclic) bond motifs is 2. The van der Waals surface area contributed by atoms with E-state index in [9.17, 15) is 4.79 Å². The molecule has 0 aromatic heterocycles. The lowest BCUT2D eigenvalue weighted by Gasteiger charge is -2.18. The zero-order chi connectivity index (χ0) is 40.0. The lowest BCUT2D eigenvalue weighted by molar-refractivity contribution is 0.0472. The van der Waals surface area contributed by atoms with Crippen molar-refractivity contribution in [1.29, 1.82) is 0 Å². The molecule has 0 amide bonds. The summed E-state index contributed by atoms with van der Waals surface area (Å²) < 4.78 is 11.6. The molecule has 9 aromatic rings. The van der Waals surface area contributed by atoms with Crippen LogP contribution >= 0.6 is 0 Å². The number of benzene rings is 9. The molecule has 0 heterocycles. The van der Waals surface area contributed by atoms with Gasteiger partial charge < -0.3 is 25.8 Å². The Morgan fingerprint density at radius 3 is 1.34 bits per heavy atom. The average molecular weight is 768 g/mol. The van der Waals surface area contributed by atoms with Crippen molar-refractivity contribution in [3.8, 4) is 28.0 Å². The summed E-state index contributed by atoms with van der Waals surface area (Å²) in [6.45, 7) is 0.684. The summed E-state index contributed by atoms with van der Waals surface area (Å²) in [6, 6.07) is 67.3. The maximum Gasteiger partial charge on any atom is 0.338 e. The van der Waals surface area contributed by atoms with E-state index >= 15 is 0 Å². The van der Waals surface area contributed by atoms with Gasteiger partial charge in [-0.1, -0.05) is 133 Å². The topological polar surface area (TPSA) is 85.6 Å². The Labute approximate surface area is 343 Å². The minimum atomic E-state index is -0.349. The Morgan fingerprint density at radius 2 is 0.847 bits per heavy atom. The second kappa shape index (κ2) is 16.7. The van der Waals surface area contributed by atoms with Gasteiger partial charge in [-0.25, -0.2) is 4.79 Å². The molecule has 4 N–H and O–H groups in total. The van der Waals surface area contributed by atoms with E-state index in [1.807, 2.05) is 91.0 Å². The summed E-state index contributed by atoms with van der Waals surface area (Å²) in [7, 11) is 0. The van der Waals surface area contributed by atoms with Crippen LogP contribution in [0, 0.1) is 0 Å². The second-order valence-corrected chi connectivity index (χ2v) is 14.4. The molecule has 0 aliphatic rings. The predicted octanol–water partition coefficient (Wildman–Crippen LogP) is 13.3. The normalized spacial score (nSPS) is 11.0. The van der Waals surface area contributed by atoms with E-state index in [0.717, 1.165) is 45.0 Å². The van der Waals surface area contributed by atoms with Crippen molar-refractivity contribution in [2.45, 2.75) is 13.2 Å². The number of carbonyl (C=O) groups is 1. The summed E-state index contributed by atoms with van der Waals surface area (Å²) in [6.07, 6.45) is 0. The maximum absolute atomic E-state index is 12.6. The van der Waals surface area contributed by atoms with Gasteiger partial charge in [-0.05, 0) is 116 Å². The first-order valence-corrected chi connectivity index (χ1v) is 19.6. The van der Waals surface area contributed by atoms with Crippen LogP contribution in [0.4, 0.5) is 28.4 Å². The summed E-state index contributed by atoms with van der Waals surface area (Å²) >= 11 is 0. The average Bonchev–Trinajstić information content (AvgIpc) is 3.29. The van der Waals surface area contributed by atoms with E-state index in [0.29, 0.717) is 23.6 Å². The molecule has 0 bridgehead atoms. The number of anilines is 5. The van der Waals surface area contributed by atoms with Crippen LogP contribution in [-0.4, -0.2) is 5.97 Å². The van der Waals surface area contributed by atoms with Crippen molar-refractivity contribution in [2.75, 3.05) is 16.4 Å². The number of rotatable bonds is 12. The van der Waals surface area contributed by atoms with Gasteiger partial charge in [0.15, 0.2) is 0 Å². The molecule has 59 heavy (non-hydrogen) atoms. The highest BCUT2D eigenvalue weighted by molar-refractivity contribution is 6.21. The largest absolute Gasteiger partial charge is 0.487 e. The third kappa shape index (κ3) is 8.20. The minimum Gasteiger partial charge on any atom is -0.487 e. The van der Waals surface area contributed by atoms with Crippen molar-refractivity contribution in [1.82, 2.24) is 0 Å². The Bertz CT molecular complexity index is 2820. The lowest BCUT2D eigenvalue weighted by atomic mass is 9.86. The summed E-state index contributed by atoms with van der Waals surface area (Å²) in [4.78, 5) is 12.6. The zero-order valence-electron chi connectivity index (χ0n) is 32.3. The first-order valence-electron chi connectivity index (χ1n) is 19.6. The van der Waals surface area contributed by atoms with Crippen molar-refractivity contribution < 1.29 is 14.3 Å². The summed E-state index contributed by atoms with van der Waals surface area (Å²) in [5, 5.41) is 11.7. The van der Waals surface area contributed by atoms with E-state index in [1.165, 1.54) is 32.7 Å². The highest BCUT2D eigenvalue weighted by Gasteiger charge is 2.17. The Morgan fingerprint density at radius 1 is 0.441 bits per heavy atom. The van der Waals surface area contributed by atoms with Gasteiger partial charge in [0, 0.05) is 28.8 Å². The third-order valence-corrected chi connectivity index (χ3v) is 10.4. The molecular formula is C53H41N3O3. The number of nitrogens with one attached hydrogen (secondary N) is 2. The number of carbonyl (C=O) groups excluding carboxylic acids is 1. The number of ether oxygens (including phenoxy) is 2. The van der Waals surface area contributed by atoms with Gasteiger partial charge in [0.25, 0.3) is 0 Å². The van der Waals surface area contributed by atoms with Crippen LogP contribution in [0.3, 0.4) is 0 Å². The van der Waals surface area contributed by atoms with Crippen LogP contribution in [0.2, 0.25) is 0 Å². The molecule has 6 nitrogen and oxygen atoms in total. The highest BCUT2D eigenvalue weighted by atomic mass is 16.5. The van der Waals surface area contributed by atoms with Gasteiger partial charge in [-0.15, -0.1) is 0 Å². The molecule has 0 atom stereocenters. The molecule has 0 fully saturated rings. The van der Waals surface area contributed by atoms with Crippen molar-refractivity contribution in [3.05, 3.63) is 217 Å². The van der Waals surface area contributed by atoms with Crippen LogP contribution in [0.1, 0.15) is 21.5 Å². The smallest absolute Gasteiger partial charge is 0.338 e. The van der Waals surface area contributed by atoms with Gasteiger partial charge >= 0.3 is 5.97 Å². The van der Waals surface area contributed by atoms with E-state index in [4.69, 9.17) is 15.2 Å². The highest BCUT2D eigenvalue weighted by Crippen LogP contribution is 2.44. The van der Waals surface area contributed by atoms with Gasteiger partial charge in [-0.3, -0.25) is 0 Å². The van der Waals surface area contributed by atoms with Crippen molar-refractivity contribution in [2.24, 2.45) is 0 Å². The first kappa shape index (κ1) is 36.8. The van der Waals surface area contributed by atoms with E-state index < -0.39 is 0 Å². The summed E-state index contributed by atoms with van der Waals surface area (Å²) in [5.74, 6) is 0.294. The quantitative estimate of drug-likeness (QED) is 0.0652. The zero-order valence-corrected chi connectivity index (χ0v) is 32.3. The molecule has 0 saturated heterocycles. The SMILES string of the molecule is Nc1ccc(Nc2ccc(-c3c4ccccc4c(-c4ccc(Nc5ccc(C(=O)OCc6ccccc6)cc5)cc4)c4ccccc34)cc2)cc1OCc1ccccc1. The van der Waals surface area contributed by atoms with E-state index in [-0.39, 0.29) is 12.6 Å².